The summed E-state index contributed by atoms with van der Waals surface area (Å²) in [7, 11) is 1.52. The van der Waals surface area contributed by atoms with E-state index in [9.17, 15) is 14.7 Å². The molecule has 7 nitrogen and oxygen atoms in total. The molecule has 7 heteroatoms. The van der Waals surface area contributed by atoms with Crippen molar-refractivity contribution >= 4 is 22.6 Å². The fourth-order valence-electron chi connectivity index (χ4n) is 3.14. The predicted molar refractivity (Wildman–Crippen MR) is 117 cm³/mol. The van der Waals surface area contributed by atoms with Crippen LogP contribution >= 0.6 is 0 Å². The molecule has 3 aromatic carbocycles. The van der Waals surface area contributed by atoms with Gasteiger partial charge >= 0.3 is 5.63 Å². The fraction of sp³-hybridized carbons (Fsp3) is 0.0833. The number of phenols is 1. The van der Waals surface area contributed by atoms with Crippen LogP contribution in [0.1, 0.15) is 0 Å². The van der Waals surface area contributed by atoms with Gasteiger partial charge in [0.05, 0.1) is 12.7 Å². The molecule has 0 unspecified atom stereocenters. The van der Waals surface area contributed by atoms with Crippen LogP contribution in [0.5, 0.6) is 17.2 Å². The van der Waals surface area contributed by atoms with Crippen LogP contribution in [0.4, 0.5) is 5.69 Å². The van der Waals surface area contributed by atoms with Gasteiger partial charge in [-0.2, -0.15) is 0 Å². The second kappa shape index (κ2) is 8.62. The maximum absolute atomic E-state index is 12.5. The van der Waals surface area contributed by atoms with Crippen LogP contribution in [0.2, 0.25) is 0 Å². The second-order valence-electron chi connectivity index (χ2n) is 6.74. The lowest BCUT2D eigenvalue weighted by atomic mass is 10.1. The minimum Gasteiger partial charge on any atom is -0.508 e. The van der Waals surface area contributed by atoms with Gasteiger partial charge in [0.15, 0.2) is 17.9 Å². The number of amides is 1. The molecule has 0 aliphatic heterocycles. The van der Waals surface area contributed by atoms with Gasteiger partial charge in [-0.05, 0) is 42.0 Å². The van der Waals surface area contributed by atoms with Gasteiger partial charge in [-0.3, -0.25) is 4.79 Å². The van der Waals surface area contributed by atoms with Crippen molar-refractivity contribution in [3.05, 3.63) is 83.2 Å². The average molecular weight is 417 g/mol. The first-order valence-corrected chi connectivity index (χ1v) is 9.46. The molecule has 2 N–H and O–H groups in total. The van der Waals surface area contributed by atoms with Crippen molar-refractivity contribution in [2.45, 2.75) is 0 Å². The zero-order valence-corrected chi connectivity index (χ0v) is 16.6. The van der Waals surface area contributed by atoms with Crippen LogP contribution in [0, 0.1) is 0 Å². The number of nitrogens with one attached hydrogen (secondary N) is 1. The number of carbonyl (C=O) groups excluding carboxylic acids is 1. The highest BCUT2D eigenvalue weighted by atomic mass is 16.5. The van der Waals surface area contributed by atoms with E-state index in [2.05, 4.69) is 5.32 Å². The van der Waals surface area contributed by atoms with Crippen molar-refractivity contribution in [1.29, 1.82) is 0 Å². The Kier molecular flexibility index (Phi) is 5.57. The van der Waals surface area contributed by atoms with Crippen LogP contribution in [0.25, 0.3) is 22.1 Å². The van der Waals surface area contributed by atoms with Gasteiger partial charge in [0, 0.05) is 17.1 Å². The molecule has 4 rings (SSSR count). The highest BCUT2D eigenvalue weighted by Gasteiger charge is 2.11. The molecule has 0 aliphatic rings. The summed E-state index contributed by atoms with van der Waals surface area (Å²) in [6.45, 7) is -0.201. The monoisotopic (exact) mass is 417 g/mol. The lowest BCUT2D eigenvalue weighted by Gasteiger charge is -2.09. The largest absolute Gasteiger partial charge is 0.508 e. The third-order valence-electron chi connectivity index (χ3n) is 4.61. The molecule has 0 saturated heterocycles. The van der Waals surface area contributed by atoms with Crippen molar-refractivity contribution in [1.82, 2.24) is 0 Å². The third kappa shape index (κ3) is 4.51. The molecular weight excluding hydrogens is 398 g/mol. The van der Waals surface area contributed by atoms with Gasteiger partial charge in [-0.1, -0.05) is 30.3 Å². The minimum absolute atomic E-state index is 0.0610. The van der Waals surface area contributed by atoms with Gasteiger partial charge in [0.2, 0.25) is 0 Å². The van der Waals surface area contributed by atoms with Gasteiger partial charge in [0.25, 0.3) is 5.91 Å². The summed E-state index contributed by atoms with van der Waals surface area (Å²) in [5.41, 5.74) is 1.47. The standard InChI is InChI=1S/C24H19NO6/c1-29-21-7-2-4-16-12-20(24(28)31-23(16)21)15-8-10-19(11-9-15)30-14-22(27)25-17-5-3-6-18(26)13-17/h2-13,26H,14H2,1H3,(H,25,27). The normalized spacial score (nSPS) is 10.6. The van der Waals surface area contributed by atoms with E-state index in [1.165, 1.54) is 19.2 Å². The van der Waals surface area contributed by atoms with E-state index in [-0.39, 0.29) is 18.3 Å². The number of hydrogen-bond acceptors (Lipinski definition) is 6. The van der Waals surface area contributed by atoms with E-state index in [0.29, 0.717) is 33.9 Å². The number of fused-ring (bicyclic) bond motifs is 1. The molecule has 1 heterocycles. The molecule has 0 aliphatic carbocycles. The summed E-state index contributed by atoms with van der Waals surface area (Å²) in [6, 6.07) is 20.2. The molecule has 156 valence electrons. The predicted octanol–water partition coefficient (Wildman–Crippen LogP) is 4.19. The Hall–Kier alpha value is -4.26. The molecule has 0 bridgehead atoms. The van der Waals surface area contributed by atoms with Crippen LogP contribution in [-0.2, 0) is 4.79 Å². The van der Waals surface area contributed by atoms with Crippen LogP contribution in [0.15, 0.2) is 82.0 Å². The van der Waals surface area contributed by atoms with Crippen molar-refractivity contribution < 1.29 is 23.8 Å². The van der Waals surface area contributed by atoms with E-state index >= 15 is 0 Å². The Morgan fingerprint density at radius 1 is 1.03 bits per heavy atom. The summed E-state index contributed by atoms with van der Waals surface area (Å²) in [5.74, 6) is 0.667. The number of anilines is 1. The first-order valence-electron chi connectivity index (χ1n) is 9.46. The quantitative estimate of drug-likeness (QED) is 0.457. The maximum Gasteiger partial charge on any atom is 0.344 e. The first-order chi connectivity index (χ1) is 15.0. The molecule has 4 aromatic rings. The topological polar surface area (TPSA) is 98.0 Å². The summed E-state index contributed by atoms with van der Waals surface area (Å²) in [5, 5.41) is 12.8. The maximum atomic E-state index is 12.5. The number of hydrogen-bond donors (Lipinski definition) is 2. The van der Waals surface area contributed by atoms with Gasteiger partial charge in [0.1, 0.15) is 11.5 Å². The van der Waals surface area contributed by atoms with Crippen molar-refractivity contribution in [2.24, 2.45) is 0 Å². The van der Waals surface area contributed by atoms with Crippen molar-refractivity contribution in [3.63, 3.8) is 0 Å². The summed E-state index contributed by atoms with van der Waals surface area (Å²) in [6.07, 6.45) is 0. The zero-order chi connectivity index (χ0) is 21.8. The van der Waals surface area contributed by atoms with Gasteiger partial charge in [-0.25, -0.2) is 4.79 Å². The Morgan fingerprint density at radius 2 is 1.81 bits per heavy atom. The smallest absolute Gasteiger partial charge is 0.344 e. The number of ether oxygens (including phenoxy) is 2. The van der Waals surface area contributed by atoms with E-state index in [1.54, 1.807) is 48.5 Å². The molecule has 1 amide bonds. The van der Waals surface area contributed by atoms with E-state index < -0.39 is 5.63 Å². The molecule has 0 saturated carbocycles. The average Bonchev–Trinajstić information content (AvgIpc) is 2.77. The second-order valence-corrected chi connectivity index (χ2v) is 6.74. The van der Waals surface area contributed by atoms with Crippen LogP contribution in [0.3, 0.4) is 0 Å². The van der Waals surface area contributed by atoms with Crippen LogP contribution in [-0.4, -0.2) is 24.7 Å². The van der Waals surface area contributed by atoms with E-state index in [0.717, 1.165) is 5.39 Å². The number of phenolic OH excluding ortho intramolecular Hbond substituents is 1. The lowest BCUT2D eigenvalue weighted by Crippen LogP contribution is -2.20. The lowest BCUT2D eigenvalue weighted by molar-refractivity contribution is -0.118. The van der Waals surface area contributed by atoms with Crippen molar-refractivity contribution in [2.75, 3.05) is 19.0 Å². The third-order valence-corrected chi connectivity index (χ3v) is 4.61. The Balaban J connectivity index is 1.46. The van der Waals surface area contributed by atoms with Crippen LogP contribution < -0.4 is 20.4 Å². The summed E-state index contributed by atoms with van der Waals surface area (Å²) in [4.78, 5) is 24.5. The Labute approximate surface area is 177 Å². The SMILES string of the molecule is COc1cccc2cc(-c3ccc(OCC(=O)Nc4cccc(O)c4)cc3)c(=O)oc12. The number of para-hydroxylation sites is 1. The molecule has 31 heavy (non-hydrogen) atoms. The molecular formula is C24H19NO6. The summed E-state index contributed by atoms with van der Waals surface area (Å²) < 4.78 is 16.2. The highest BCUT2D eigenvalue weighted by Crippen LogP contribution is 2.28. The Morgan fingerprint density at radius 3 is 2.55 bits per heavy atom. The zero-order valence-electron chi connectivity index (χ0n) is 16.6. The summed E-state index contributed by atoms with van der Waals surface area (Å²) >= 11 is 0. The molecule has 0 atom stereocenters. The number of rotatable bonds is 6. The van der Waals surface area contributed by atoms with E-state index in [4.69, 9.17) is 13.9 Å². The number of methoxy groups -OCH3 is 1. The molecule has 1 aromatic heterocycles. The number of benzene rings is 3. The highest BCUT2D eigenvalue weighted by molar-refractivity contribution is 5.92. The minimum atomic E-state index is -0.476. The Bertz CT molecular complexity index is 1290. The van der Waals surface area contributed by atoms with Gasteiger partial charge < -0.3 is 24.3 Å². The van der Waals surface area contributed by atoms with Crippen molar-refractivity contribution in [3.8, 4) is 28.4 Å². The molecule has 0 fully saturated rings. The fourth-order valence-corrected chi connectivity index (χ4v) is 3.14. The number of carbonyl (C=O) groups is 1. The van der Waals surface area contributed by atoms with Gasteiger partial charge in [-0.15, -0.1) is 0 Å². The molecule has 0 radical (unpaired) electrons. The van der Waals surface area contributed by atoms with E-state index in [1.807, 2.05) is 12.1 Å². The first kappa shape index (κ1) is 20.0. The number of aromatic hydroxyl groups is 1. The molecule has 0 spiro atoms.